The zero-order valence-electron chi connectivity index (χ0n) is 16.6. The van der Waals surface area contributed by atoms with Crippen LogP contribution in [-0.2, 0) is 4.74 Å². The second-order valence-corrected chi connectivity index (χ2v) is 7.98. The van der Waals surface area contributed by atoms with Gasteiger partial charge in [-0.1, -0.05) is 25.1 Å². The summed E-state index contributed by atoms with van der Waals surface area (Å²) in [5, 5.41) is 0. The van der Waals surface area contributed by atoms with Gasteiger partial charge >= 0.3 is 0 Å². The van der Waals surface area contributed by atoms with Crippen molar-refractivity contribution < 1.29 is 18.3 Å². The summed E-state index contributed by atoms with van der Waals surface area (Å²) >= 11 is 0. The monoisotopic (exact) mass is 378 g/mol. The maximum Gasteiger partial charge on any atom is 0.200 e. The van der Waals surface area contributed by atoms with Gasteiger partial charge in [0.05, 0.1) is 19.3 Å². The van der Waals surface area contributed by atoms with E-state index in [9.17, 15) is 8.78 Å². The van der Waals surface area contributed by atoms with Crippen molar-refractivity contribution in [3.05, 3.63) is 41.5 Å². The Balaban J connectivity index is 1.56. The highest BCUT2D eigenvalue weighted by Gasteiger charge is 2.33. The minimum Gasteiger partial charge on any atom is -0.490 e. The molecule has 1 aromatic carbocycles. The first-order chi connectivity index (χ1) is 13.1. The van der Waals surface area contributed by atoms with Crippen molar-refractivity contribution in [3.8, 4) is 5.75 Å². The second-order valence-electron chi connectivity index (χ2n) is 7.98. The molecule has 1 heterocycles. The maximum absolute atomic E-state index is 14.6. The molecule has 1 aromatic rings. The Morgan fingerprint density at radius 2 is 1.85 bits per heavy atom. The first kappa shape index (κ1) is 20.3. The minimum absolute atomic E-state index is 0.0260. The summed E-state index contributed by atoms with van der Waals surface area (Å²) in [6.45, 7) is 5.21. The van der Waals surface area contributed by atoms with Gasteiger partial charge in [-0.15, -0.1) is 0 Å². The molecule has 1 aliphatic carbocycles. The molecular weight excluding hydrogens is 346 g/mol. The van der Waals surface area contributed by atoms with E-state index in [2.05, 4.69) is 19.1 Å². The lowest BCUT2D eigenvalue weighted by Crippen LogP contribution is -2.33. The molecule has 0 bridgehead atoms. The number of ether oxygens (including phenoxy) is 2. The smallest absolute Gasteiger partial charge is 0.200 e. The van der Waals surface area contributed by atoms with Gasteiger partial charge in [0.1, 0.15) is 0 Å². The van der Waals surface area contributed by atoms with Crippen LogP contribution in [0.1, 0.15) is 70.3 Å². The SMILES string of the molecule is CC=CC1CCC(C2CCC(c3ccc(OCCC)c(F)c3F)CC2)OC1. The normalized spacial score (nSPS) is 29.2. The summed E-state index contributed by atoms with van der Waals surface area (Å²) in [5.74, 6) is -0.349. The molecule has 4 heteroatoms. The summed E-state index contributed by atoms with van der Waals surface area (Å²) in [4.78, 5) is 0. The summed E-state index contributed by atoms with van der Waals surface area (Å²) in [6.07, 6.45) is 11.6. The van der Waals surface area contributed by atoms with Crippen molar-refractivity contribution in [2.75, 3.05) is 13.2 Å². The molecule has 150 valence electrons. The molecule has 0 aromatic heterocycles. The van der Waals surface area contributed by atoms with E-state index < -0.39 is 11.6 Å². The van der Waals surface area contributed by atoms with E-state index in [1.807, 2.05) is 6.92 Å². The van der Waals surface area contributed by atoms with Crippen molar-refractivity contribution >= 4 is 0 Å². The third kappa shape index (κ3) is 4.90. The molecule has 1 saturated carbocycles. The van der Waals surface area contributed by atoms with E-state index in [4.69, 9.17) is 9.47 Å². The van der Waals surface area contributed by atoms with Crippen LogP contribution < -0.4 is 4.74 Å². The Kier molecular flexibility index (Phi) is 7.28. The Morgan fingerprint density at radius 1 is 1.07 bits per heavy atom. The van der Waals surface area contributed by atoms with Gasteiger partial charge < -0.3 is 9.47 Å². The van der Waals surface area contributed by atoms with Gasteiger partial charge in [0.15, 0.2) is 11.6 Å². The highest BCUT2D eigenvalue weighted by Crippen LogP contribution is 2.41. The van der Waals surface area contributed by atoms with Gasteiger partial charge in [-0.25, -0.2) is 4.39 Å². The van der Waals surface area contributed by atoms with Crippen molar-refractivity contribution in [2.24, 2.45) is 11.8 Å². The lowest BCUT2D eigenvalue weighted by Gasteiger charge is -2.37. The largest absolute Gasteiger partial charge is 0.490 e. The number of halogens is 2. The Morgan fingerprint density at radius 3 is 2.48 bits per heavy atom. The molecule has 2 fully saturated rings. The zero-order valence-corrected chi connectivity index (χ0v) is 16.6. The molecule has 0 amide bonds. The van der Waals surface area contributed by atoms with Crippen molar-refractivity contribution in [1.29, 1.82) is 0 Å². The van der Waals surface area contributed by atoms with Gasteiger partial charge in [0.2, 0.25) is 5.82 Å². The quantitative estimate of drug-likeness (QED) is 0.533. The number of benzene rings is 1. The summed E-state index contributed by atoms with van der Waals surface area (Å²) in [5.41, 5.74) is 0.507. The molecule has 3 rings (SSSR count). The molecule has 0 spiro atoms. The fourth-order valence-electron chi connectivity index (χ4n) is 4.58. The molecule has 0 N–H and O–H groups in total. The summed E-state index contributed by atoms with van der Waals surface area (Å²) < 4.78 is 40.3. The molecule has 1 aliphatic heterocycles. The highest BCUT2D eigenvalue weighted by atomic mass is 19.2. The summed E-state index contributed by atoms with van der Waals surface area (Å²) in [7, 11) is 0. The van der Waals surface area contributed by atoms with Gasteiger partial charge in [0, 0.05) is 5.92 Å². The lowest BCUT2D eigenvalue weighted by atomic mass is 9.75. The zero-order chi connectivity index (χ0) is 19.2. The van der Waals surface area contributed by atoms with Crippen LogP contribution in [0.3, 0.4) is 0 Å². The molecule has 27 heavy (non-hydrogen) atoms. The van der Waals surface area contributed by atoms with E-state index in [0.717, 1.165) is 45.1 Å². The van der Waals surface area contributed by atoms with Crippen molar-refractivity contribution in [2.45, 2.75) is 70.8 Å². The van der Waals surface area contributed by atoms with Crippen LogP contribution >= 0.6 is 0 Å². The van der Waals surface area contributed by atoms with E-state index >= 15 is 0 Å². The van der Waals surface area contributed by atoms with Crippen LogP contribution in [0.2, 0.25) is 0 Å². The van der Waals surface area contributed by atoms with Crippen LogP contribution in [0.5, 0.6) is 5.75 Å². The van der Waals surface area contributed by atoms with Gasteiger partial charge in [0.25, 0.3) is 0 Å². The Bertz CT molecular complexity index is 628. The first-order valence-corrected chi connectivity index (χ1v) is 10.5. The predicted molar refractivity (Wildman–Crippen MR) is 104 cm³/mol. The topological polar surface area (TPSA) is 18.5 Å². The molecule has 2 atom stereocenters. The second kappa shape index (κ2) is 9.68. The maximum atomic E-state index is 14.6. The number of hydrogen-bond acceptors (Lipinski definition) is 2. The van der Waals surface area contributed by atoms with Gasteiger partial charge in [-0.2, -0.15) is 4.39 Å². The van der Waals surface area contributed by atoms with E-state index in [1.165, 1.54) is 6.42 Å². The average molecular weight is 379 g/mol. The predicted octanol–water partition coefficient (Wildman–Crippen LogP) is 6.40. The van der Waals surface area contributed by atoms with Crippen LogP contribution in [-0.4, -0.2) is 19.3 Å². The van der Waals surface area contributed by atoms with Gasteiger partial charge in [-0.3, -0.25) is 0 Å². The Hall–Kier alpha value is -1.42. The molecular formula is C23H32F2O2. The third-order valence-electron chi connectivity index (χ3n) is 6.09. The minimum atomic E-state index is -0.839. The third-order valence-corrected chi connectivity index (χ3v) is 6.09. The van der Waals surface area contributed by atoms with E-state index in [-0.39, 0.29) is 11.7 Å². The summed E-state index contributed by atoms with van der Waals surface area (Å²) in [6, 6.07) is 3.30. The highest BCUT2D eigenvalue weighted by molar-refractivity contribution is 5.33. The van der Waals surface area contributed by atoms with Crippen molar-refractivity contribution in [1.82, 2.24) is 0 Å². The number of rotatable bonds is 6. The van der Waals surface area contributed by atoms with Crippen molar-refractivity contribution in [3.63, 3.8) is 0 Å². The standard InChI is InChI=1S/C23H32F2O2/c1-3-5-16-6-12-20(27-15-16)18-9-7-17(8-10-18)19-11-13-21(26-14-4-2)23(25)22(19)24/h3,5,11,13,16-18,20H,4,6-10,12,14-15H2,1-2H3. The Labute approximate surface area is 161 Å². The lowest BCUT2D eigenvalue weighted by molar-refractivity contribution is -0.0471. The van der Waals surface area contributed by atoms with Gasteiger partial charge in [-0.05, 0) is 75.3 Å². The molecule has 2 nitrogen and oxygen atoms in total. The van der Waals surface area contributed by atoms with E-state index in [0.29, 0.717) is 30.1 Å². The fraction of sp³-hybridized carbons (Fsp3) is 0.652. The van der Waals surface area contributed by atoms with E-state index in [1.54, 1.807) is 12.1 Å². The van der Waals surface area contributed by atoms with Crippen LogP contribution in [0.25, 0.3) is 0 Å². The number of hydrogen-bond donors (Lipinski definition) is 0. The van der Waals surface area contributed by atoms with Crippen LogP contribution in [0, 0.1) is 23.5 Å². The average Bonchev–Trinajstić information content (AvgIpc) is 2.70. The fourth-order valence-corrected chi connectivity index (χ4v) is 4.58. The molecule has 1 saturated heterocycles. The van der Waals surface area contributed by atoms with Crippen LogP contribution in [0.15, 0.2) is 24.3 Å². The number of allylic oxidation sites excluding steroid dienone is 1. The molecule has 2 unspecified atom stereocenters. The molecule has 2 aliphatic rings. The van der Waals surface area contributed by atoms with Crippen LogP contribution in [0.4, 0.5) is 8.78 Å². The molecule has 0 radical (unpaired) electrons. The first-order valence-electron chi connectivity index (χ1n) is 10.5.